The Bertz CT molecular complexity index is 1080. The van der Waals surface area contributed by atoms with Gasteiger partial charge in [-0.25, -0.2) is 9.63 Å². The summed E-state index contributed by atoms with van der Waals surface area (Å²) in [7, 11) is -2.41. The van der Waals surface area contributed by atoms with Gasteiger partial charge in [-0.1, -0.05) is 23.8 Å². The third kappa shape index (κ3) is 3.60. The molecular weight excluding hydrogens is 354 g/mol. The van der Waals surface area contributed by atoms with Crippen LogP contribution in [0.1, 0.15) is 21.5 Å². The van der Waals surface area contributed by atoms with E-state index in [-0.39, 0.29) is 4.90 Å². The Morgan fingerprint density at radius 1 is 1.19 bits per heavy atom. The Kier molecular flexibility index (Phi) is 4.77. The van der Waals surface area contributed by atoms with Gasteiger partial charge in [0, 0.05) is 22.7 Å². The fourth-order valence-corrected chi connectivity index (χ4v) is 3.23. The number of benzene rings is 2. The zero-order valence-electron chi connectivity index (χ0n) is 14.2. The van der Waals surface area contributed by atoms with E-state index in [0.29, 0.717) is 11.1 Å². The second-order valence-electron chi connectivity index (χ2n) is 5.66. The Balaban J connectivity index is 1.80. The van der Waals surface area contributed by atoms with Crippen molar-refractivity contribution in [1.82, 2.24) is 9.82 Å². The van der Waals surface area contributed by atoms with E-state index < -0.39 is 16.0 Å². The number of methoxy groups -OCH3 is 1. The van der Waals surface area contributed by atoms with Crippen LogP contribution >= 0.6 is 0 Å². The standard InChI is InChI=1S/C18H17N3O4S/c1-12-3-6-15(7-4-12)26(23,24)21-20-11-14-10-19-17-9-13(18(22)25-2)5-8-16(14)17/h3-11,19,21H,1-2H3/b20-11+. The van der Waals surface area contributed by atoms with Gasteiger partial charge in [-0.2, -0.15) is 13.5 Å². The third-order valence-electron chi connectivity index (χ3n) is 3.84. The van der Waals surface area contributed by atoms with Gasteiger partial charge in [-0.15, -0.1) is 0 Å². The predicted molar refractivity (Wildman–Crippen MR) is 98.7 cm³/mol. The molecule has 0 saturated carbocycles. The van der Waals surface area contributed by atoms with Crippen molar-refractivity contribution < 1.29 is 17.9 Å². The van der Waals surface area contributed by atoms with Crippen LogP contribution in [0.5, 0.6) is 0 Å². The molecule has 2 aromatic carbocycles. The minimum absolute atomic E-state index is 0.141. The Hall–Kier alpha value is -3.13. The maximum absolute atomic E-state index is 12.2. The molecule has 0 atom stereocenters. The second kappa shape index (κ2) is 7.01. The molecule has 134 valence electrons. The van der Waals surface area contributed by atoms with E-state index in [1.54, 1.807) is 36.5 Å². The van der Waals surface area contributed by atoms with Gasteiger partial charge in [-0.05, 0) is 31.2 Å². The second-order valence-corrected chi connectivity index (χ2v) is 7.32. The molecule has 0 spiro atoms. The van der Waals surface area contributed by atoms with Gasteiger partial charge in [0.25, 0.3) is 10.0 Å². The van der Waals surface area contributed by atoms with E-state index in [2.05, 4.69) is 19.7 Å². The van der Waals surface area contributed by atoms with Crippen molar-refractivity contribution in [2.45, 2.75) is 11.8 Å². The van der Waals surface area contributed by atoms with Gasteiger partial charge < -0.3 is 9.72 Å². The number of hydrogen-bond acceptors (Lipinski definition) is 5. The van der Waals surface area contributed by atoms with Crippen LogP contribution in [0.25, 0.3) is 10.9 Å². The molecule has 0 aliphatic carbocycles. The lowest BCUT2D eigenvalue weighted by atomic mass is 10.1. The number of esters is 1. The van der Waals surface area contributed by atoms with Crippen LogP contribution in [0.3, 0.4) is 0 Å². The van der Waals surface area contributed by atoms with Gasteiger partial charge in [0.2, 0.25) is 0 Å². The van der Waals surface area contributed by atoms with Crippen LogP contribution in [0.4, 0.5) is 0 Å². The SMILES string of the molecule is COC(=O)c1ccc2c(/C=N/NS(=O)(=O)c3ccc(C)cc3)c[nH]c2c1. The zero-order chi connectivity index (χ0) is 18.7. The summed E-state index contributed by atoms with van der Waals surface area (Å²) >= 11 is 0. The smallest absolute Gasteiger partial charge is 0.337 e. The fourth-order valence-electron chi connectivity index (χ4n) is 2.44. The van der Waals surface area contributed by atoms with Gasteiger partial charge >= 0.3 is 5.97 Å². The fraction of sp³-hybridized carbons (Fsp3) is 0.111. The Morgan fingerprint density at radius 2 is 1.92 bits per heavy atom. The van der Waals surface area contributed by atoms with E-state index >= 15 is 0 Å². The highest BCUT2D eigenvalue weighted by Gasteiger charge is 2.12. The largest absolute Gasteiger partial charge is 0.465 e. The highest BCUT2D eigenvalue weighted by atomic mass is 32.2. The van der Waals surface area contributed by atoms with E-state index in [0.717, 1.165) is 16.5 Å². The lowest BCUT2D eigenvalue weighted by Gasteiger charge is -2.03. The number of aromatic amines is 1. The highest BCUT2D eigenvalue weighted by Crippen LogP contribution is 2.19. The molecule has 8 heteroatoms. The summed E-state index contributed by atoms with van der Waals surface area (Å²) in [5, 5.41) is 4.64. The number of hydrogen-bond donors (Lipinski definition) is 2. The molecule has 0 bridgehead atoms. The monoisotopic (exact) mass is 371 g/mol. The quantitative estimate of drug-likeness (QED) is 0.409. The number of fused-ring (bicyclic) bond motifs is 1. The van der Waals surface area contributed by atoms with Crippen molar-refractivity contribution >= 4 is 33.1 Å². The summed E-state index contributed by atoms with van der Waals surface area (Å²) < 4.78 is 29.1. The zero-order valence-corrected chi connectivity index (χ0v) is 15.0. The number of ether oxygens (including phenoxy) is 1. The van der Waals surface area contributed by atoms with E-state index in [4.69, 9.17) is 0 Å². The van der Waals surface area contributed by atoms with E-state index in [9.17, 15) is 13.2 Å². The number of nitrogens with one attached hydrogen (secondary N) is 2. The first kappa shape index (κ1) is 17.7. The topological polar surface area (TPSA) is 101 Å². The molecule has 0 saturated heterocycles. The molecule has 7 nitrogen and oxygen atoms in total. The maximum atomic E-state index is 12.2. The summed E-state index contributed by atoms with van der Waals surface area (Å²) in [5.74, 6) is -0.428. The summed E-state index contributed by atoms with van der Waals surface area (Å²) in [6, 6.07) is 11.5. The number of aromatic nitrogens is 1. The molecule has 0 fully saturated rings. The van der Waals surface area contributed by atoms with E-state index in [1.165, 1.54) is 25.5 Å². The molecular formula is C18H17N3O4S. The highest BCUT2D eigenvalue weighted by molar-refractivity contribution is 7.89. The maximum Gasteiger partial charge on any atom is 0.337 e. The van der Waals surface area contributed by atoms with Gasteiger partial charge in [0.1, 0.15) is 0 Å². The van der Waals surface area contributed by atoms with Crippen molar-refractivity contribution in [3.8, 4) is 0 Å². The molecule has 0 unspecified atom stereocenters. The number of aryl methyl sites for hydroxylation is 1. The Labute approximate surface area is 150 Å². The lowest BCUT2D eigenvalue weighted by Crippen LogP contribution is -2.18. The molecule has 26 heavy (non-hydrogen) atoms. The minimum Gasteiger partial charge on any atom is -0.465 e. The normalized spacial score (nSPS) is 11.8. The molecule has 1 heterocycles. The number of carbonyl (C=O) groups excluding carboxylic acids is 1. The summed E-state index contributed by atoms with van der Waals surface area (Å²) in [6.07, 6.45) is 3.08. The molecule has 1 aromatic heterocycles. The van der Waals surface area contributed by atoms with Gasteiger partial charge in [-0.3, -0.25) is 0 Å². The van der Waals surface area contributed by atoms with Crippen LogP contribution in [0, 0.1) is 6.92 Å². The average molecular weight is 371 g/mol. The molecule has 0 amide bonds. The van der Waals surface area contributed by atoms with Crippen LogP contribution in [-0.2, 0) is 14.8 Å². The van der Waals surface area contributed by atoms with Crippen LogP contribution in [0.2, 0.25) is 0 Å². The first-order valence-corrected chi connectivity index (χ1v) is 9.20. The average Bonchev–Trinajstić information content (AvgIpc) is 3.03. The van der Waals surface area contributed by atoms with Crippen molar-refractivity contribution in [2.24, 2.45) is 5.10 Å². The van der Waals surface area contributed by atoms with Crippen LogP contribution < -0.4 is 4.83 Å². The van der Waals surface area contributed by atoms with Crippen molar-refractivity contribution in [3.63, 3.8) is 0 Å². The predicted octanol–water partition coefficient (Wildman–Crippen LogP) is 2.58. The summed E-state index contributed by atoms with van der Waals surface area (Å²) in [5.41, 5.74) is 2.79. The lowest BCUT2D eigenvalue weighted by molar-refractivity contribution is 0.0601. The summed E-state index contributed by atoms with van der Waals surface area (Å²) in [6.45, 7) is 1.88. The molecule has 0 radical (unpaired) electrons. The first-order valence-electron chi connectivity index (χ1n) is 7.72. The number of nitrogens with zero attached hydrogens (tertiary/aromatic N) is 1. The number of hydrazone groups is 1. The molecule has 3 aromatic rings. The van der Waals surface area contributed by atoms with Crippen molar-refractivity contribution in [2.75, 3.05) is 7.11 Å². The van der Waals surface area contributed by atoms with Crippen LogP contribution in [0.15, 0.2) is 58.7 Å². The third-order valence-corrected chi connectivity index (χ3v) is 5.08. The molecule has 2 N–H and O–H groups in total. The minimum atomic E-state index is -3.72. The summed E-state index contributed by atoms with van der Waals surface area (Å²) in [4.78, 5) is 16.9. The number of sulfonamides is 1. The van der Waals surface area contributed by atoms with E-state index in [1.807, 2.05) is 6.92 Å². The molecule has 0 aliphatic rings. The van der Waals surface area contributed by atoms with Gasteiger partial charge in [0.05, 0.1) is 23.8 Å². The molecule has 0 aliphatic heterocycles. The van der Waals surface area contributed by atoms with Crippen molar-refractivity contribution in [1.29, 1.82) is 0 Å². The van der Waals surface area contributed by atoms with Crippen molar-refractivity contribution in [3.05, 3.63) is 65.4 Å². The van der Waals surface area contributed by atoms with Crippen LogP contribution in [-0.4, -0.2) is 32.7 Å². The van der Waals surface area contributed by atoms with Gasteiger partial charge in [0.15, 0.2) is 0 Å². The number of H-pyrrole nitrogens is 1. The Morgan fingerprint density at radius 3 is 2.62 bits per heavy atom. The number of carbonyl (C=O) groups is 1. The number of rotatable bonds is 5. The first-order chi connectivity index (χ1) is 12.4. The molecule has 3 rings (SSSR count).